The normalized spacial score (nSPS) is 12.0. The number of unbranched alkanes of at least 4 members (excludes halogenated alkanes) is 2. The van der Waals surface area contributed by atoms with Gasteiger partial charge in [0.25, 0.3) is 0 Å². The number of hydrogen-bond acceptors (Lipinski definition) is 7. The molecule has 0 aliphatic rings. The quantitative estimate of drug-likeness (QED) is 0.141. The van der Waals surface area contributed by atoms with Gasteiger partial charge in [-0.3, -0.25) is 14.4 Å². The molecule has 1 atom stereocenters. The third kappa shape index (κ3) is 12.3. The lowest BCUT2D eigenvalue weighted by Crippen LogP contribution is -2.29. The van der Waals surface area contributed by atoms with Gasteiger partial charge in [0.2, 0.25) is 0 Å². The van der Waals surface area contributed by atoms with Crippen molar-refractivity contribution in [2.75, 3.05) is 19.8 Å². The van der Waals surface area contributed by atoms with E-state index in [1.54, 1.807) is 13.8 Å². The fourth-order valence-corrected chi connectivity index (χ4v) is 2.98. The lowest BCUT2D eigenvalue weighted by atomic mass is 9.81. The summed E-state index contributed by atoms with van der Waals surface area (Å²) in [6.45, 7) is 13.3. The van der Waals surface area contributed by atoms with Crippen LogP contribution < -0.4 is 0 Å². The summed E-state index contributed by atoms with van der Waals surface area (Å²) in [5, 5.41) is 0. The molecule has 0 aliphatic carbocycles. The Morgan fingerprint density at radius 3 is 2.06 bits per heavy atom. The summed E-state index contributed by atoms with van der Waals surface area (Å²) in [5.41, 5.74) is 0.341. The van der Waals surface area contributed by atoms with Crippen molar-refractivity contribution in [3.8, 4) is 0 Å². The second-order valence-electron chi connectivity index (χ2n) is 8.20. The predicted molar refractivity (Wildman–Crippen MR) is 118 cm³/mol. The molecule has 0 aromatic heterocycles. The standard InChI is InChI=1S/C24H40O7/c1-7-24(8-2,9-3)17-31-23(28)19(6)15-20(25)16-30-21(26)13-11-10-12-14-29-22(27)18(4)5/h19H,4,7-17H2,1-3,5-6H3. The van der Waals surface area contributed by atoms with Crippen LogP contribution in [0.4, 0.5) is 0 Å². The van der Waals surface area contributed by atoms with Gasteiger partial charge in [0, 0.05) is 23.8 Å². The van der Waals surface area contributed by atoms with Crippen LogP contribution in [-0.4, -0.2) is 43.5 Å². The molecule has 0 N–H and O–H groups in total. The van der Waals surface area contributed by atoms with Crippen LogP contribution in [0.1, 0.15) is 86.0 Å². The summed E-state index contributed by atoms with van der Waals surface area (Å²) in [6.07, 6.45) is 4.87. The van der Waals surface area contributed by atoms with Crippen LogP contribution >= 0.6 is 0 Å². The zero-order valence-electron chi connectivity index (χ0n) is 19.9. The van der Waals surface area contributed by atoms with Gasteiger partial charge < -0.3 is 14.2 Å². The number of carbonyl (C=O) groups is 4. The number of ether oxygens (including phenoxy) is 3. The lowest BCUT2D eigenvalue weighted by Gasteiger charge is -2.30. The third-order valence-electron chi connectivity index (χ3n) is 5.71. The molecule has 0 spiro atoms. The molecule has 0 saturated carbocycles. The molecule has 0 bridgehead atoms. The highest BCUT2D eigenvalue weighted by atomic mass is 16.5. The number of carbonyl (C=O) groups excluding carboxylic acids is 4. The maximum absolute atomic E-state index is 12.2. The van der Waals surface area contributed by atoms with Crippen LogP contribution in [0.25, 0.3) is 0 Å². The average molecular weight is 441 g/mol. The molecule has 0 heterocycles. The van der Waals surface area contributed by atoms with Gasteiger partial charge in [-0.05, 0) is 45.4 Å². The molecule has 0 aliphatic heterocycles. The monoisotopic (exact) mass is 440 g/mol. The van der Waals surface area contributed by atoms with E-state index in [4.69, 9.17) is 14.2 Å². The summed E-state index contributed by atoms with van der Waals surface area (Å²) in [5.74, 6) is -2.15. The van der Waals surface area contributed by atoms with Gasteiger partial charge in [-0.25, -0.2) is 4.79 Å². The topological polar surface area (TPSA) is 96.0 Å². The number of Topliss-reactive ketones (excluding diaryl/α,β-unsaturated/α-hetero) is 1. The molecule has 0 saturated heterocycles. The predicted octanol–water partition coefficient (Wildman–Crippen LogP) is 4.56. The average Bonchev–Trinajstić information content (AvgIpc) is 2.75. The van der Waals surface area contributed by atoms with Crippen LogP contribution in [-0.2, 0) is 33.4 Å². The van der Waals surface area contributed by atoms with Gasteiger partial charge in [0.15, 0.2) is 5.78 Å². The fraction of sp³-hybridized carbons (Fsp3) is 0.750. The van der Waals surface area contributed by atoms with E-state index in [-0.39, 0.29) is 37.3 Å². The van der Waals surface area contributed by atoms with E-state index in [2.05, 4.69) is 27.4 Å². The van der Waals surface area contributed by atoms with E-state index in [1.165, 1.54) is 0 Å². The number of esters is 3. The van der Waals surface area contributed by atoms with Crippen molar-refractivity contribution >= 4 is 23.7 Å². The summed E-state index contributed by atoms with van der Waals surface area (Å²) in [7, 11) is 0. The van der Waals surface area contributed by atoms with Gasteiger partial charge in [-0.1, -0.05) is 34.3 Å². The van der Waals surface area contributed by atoms with Crippen molar-refractivity contribution in [2.24, 2.45) is 11.3 Å². The van der Waals surface area contributed by atoms with Crippen molar-refractivity contribution in [1.82, 2.24) is 0 Å². The molecule has 1 unspecified atom stereocenters. The minimum Gasteiger partial charge on any atom is -0.465 e. The molecule has 0 rings (SSSR count). The molecule has 0 aromatic rings. The zero-order valence-corrected chi connectivity index (χ0v) is 19.9. The van der Waals surface area contributed by atoms with Crippen molar-refractivity contribution in [3.63, 3.8) is 0 Å². The Labute approximate surface area is 186 Å². The highest BCUT2D eigenvalue weighted by molar-refractivity contribution is 5.87. The largest absolute Gasteiger partial charge is 0.465 e. The molecule has 0 radical (unpaired) electrons. The minimum absolute atomic E-state index is 0.0127. The molecule has 7 nitrogen and oxygen atoms in total. The first-order valence-electron chi connectivity index (χ1n) is 11.3. The lowest BCUT2D eigenvalue weighted by molar-refractivity contribution is -0.154. The summed E-state index contributed by atoms with van der Waals surface area (Å²) in [6, 6.07) is 0. The Morgan fingerprint density at radius 1 is 0.903 bits per heavy atom. The molecule has 7 heteroatoms. The number of hydrogen-bond donors (Lipinski definition) is 0. The van der Waals surface area contributed by atoms with E-state index >= 15 is 0 Å². The Kier molecular flexibility index (Phi) is 14.5. The van der Waals surface area contributed by atoms with E-state index in [0.717, 1.165) is 19.3 Å². The smallest absolute Gasteiger partial charge is 0.333 e. The van der Waals surface area contributed by atoms with Gasteiger partial charge in [0.1, 0.15) is 6.61 Å². The summed E-state index contributed by atoms with van der Waals surface area (Å²) in [4.78, 5) is 47.2. The maximum Gasteiger partial charge on any atom is 0.333 e. The van der Waals surface area contributed by atoms with Gasteiger partial charge in [0.05, 0.1) is 19.1 Å². The van der Waals surface area contributed by atoms with Crippen LogP contribution in [0, 0.1) is 11.3 Å². The molecule has 0 fully saturated rings. The van der Waals surface area contributed by atoms with E-state index < -0.39 is 23.8 Å². The Morgan fingerprint density at radius 2 is 1.52 bits per heavy atom. The van der Waals surface area contributed by atoms with Crippen LogP contribution in [0.15, 0.2) is 12.2 Å². The first-order chi connectivity index (χ1) is 14.6. The van der Waals surface area contributed by atoms with E-state index in [0.29, 0.717) is 31.4 Å². The minimum atomic E-state index is -0.573. The number of ketones is 1. The highest BCUT2D eigenvalue weighted by Gasteiger charge is 2.27. The molecule has 178 valence electrons. The van der Waals surface area contributed by atoms with Crippen molar-refractivity contribution in [3.05, 3.63) is 12.2 Å². The maximum atomic E-state index is 12.2. The van der Waals surface area contributed by atoms with Crippen molar-refractivity contribution in [2.45, 2.75) is 86.0 Å². The second-order valence-corrected chi connectivity index (χ2v) is 8.20. The van der Waals surface area contributed by atoms with Crippen molar-refractivity contribution < 1.29 is 33.4 Å². The Bertz CT molecular complexity index is 597. The van der Waals surface area contributed by atoms with Crippen molar-refractivity contribution in [1.29, 1.82) is 0 Å². The first kappa shape index (κ1) is 28.8. The molecular formula is C24H40O7. The van der Waals surface area contributed by atoms with Crippen LogP contribution in [0.5, 0.6) is 0 Å². The Balaban J connectivity index is 4.03. The molecule has 0 amide bonds. The fourth-order valence-electron chi connectivity index (χ4n) is 2.98. The number of rotatable bonds is 17. The van der Waals surface area contributed by atoms with E-state index in [9.17, 15) is 19.2 Å². The molecule has 31 heavy (non-hydrogen) atoms. The zero-order chi connectivity index (χ0) is 23.9. The first-order valence-corrected chi connectivity index (χ1v) is 11.3. The molecule has 0 aromatic carbocycles. The summed E-state index contributed by atoms with van der Waals surface area (Å²) < 4.78 is 15.4. The van der Waals surface area contributed by atoms with Gasteiger partial charge in [-0.15, -0.1) is 0 Å². The van der Waals surface area contributed by atoms with Crippen LogP contribution in [0.2, 0.25) is 0 Å². The Hall–Kier alpha value is -2.18. The van der Waals surface area contributed by atoms with Gasteiger partial charge >= 0.3 is 17.9 Å². The SMILES string of the molecule is C=C(C)C(=O)OCCCCCC(=O)OCC(=O)CC(C)C(=O)OCC(CC)(CC)CC. The highest BCUT2D eigenvalue weighted by Crippen LogP contribution is 2.30. The third-order valence-corrected chi connectivity index (χ3v) is 5.71. The van der Waals surface area contributed by atoms with Crippen LogP contribution in [0.3, 0.4) is 0 Å². The second kappa shape index (κ2) is 15.6. The van der Waals surface area contributed by atoms with E-state index in [1.807, 2.05) is 0 Å². The molecular weight excluding hydrogens is 400 g/mol. The van der Waals surface area contributed by atoms with Gasteiger partial charge in [-0.2, -0.15) is 0 Å². The summed E-state index contributed by atoms with van der Waals surface area (Å²) >= 11 is 0.